The summed E-state index contributed by atoms with van der Waals surface area (Å²) in [4.78, 5) is 30.7. The highest BCUT2D eigenvalue weighted by Gasteiger charge is 2.41. The zero-order valence-corrected chi connectivity index (χ0v) is 27.5. The van der Waals surface area contributed by atoms with Crippen LogP contribution >= 0.6 is 46.4 Å². The molecule has 2 amide bonds. The minimum absolute atomic E-state index is 0.0299. The Labute approximate surface area is 275 Å². The van der Waals surface area contributed by atoms with E-state index in [0.29, 0.717) is 40.1 Å². The van der Waals surface area contributed by atoms with E-state index >= 15 is 0 Å². The summed E-state index contributed by atoms with van der Waals surface area (Å²) in [5.41, 5.74) is 4.64. The van der Waals surface area contributed by atoms with E-state index in [1.165, 1.54) is 9.80 Å². The fourth-order valence-corrected chi connectivity index (χ4v) is 5.93. The molecule has 0 spiro atoms. The van der Waals surface area contributed by atoms with Gasteiger partial charge in [0.05, 0.1) is 21.6 Å². The van der Waals surface area contributed by atoms with Crippen LogP contribution in [-0.2, 0) is 16.2 Å². The van der Waals surface area contributed by atoms with Gasteiger partial charge in [0.25, 0.3) is 11.8 Å². The van der Waals surface area contributed by atoms with Crippen LogP contribution in [0.5, 0.6) is 11.5 Å². The first-order chi connectivity index (χ1) is 20.7. The number of benzene rings is 4. The minimum atomic E-state index is -0.505. The van der Waals surface area contributed by atoms with Gasteiger partial charge in [0.2, 0.25) is 0 Å². The van der Waals surface area contributed by atoms with Crippen LogP contribution in [0.25, 0.3) is 6.08 Å². The molecule has 43 heavy (non-hydrogen) atoms. The zero-order valence-electron chi connectivity index (χ0n) is 23.8. The van der Waals surface area contributed by atoms with E-state index in [2.05, 4.69) is 22.6 Å². The van der Waals surface area contributed by atoms with Gasteiger partial charge in [-0.3, -0.25) is 19.4 Å². The molecule has 0 bridgehead atoms. The first-order valence-corrected chi connectivity index (χ1v) is 15.4. The first kappa shape index (κ1) is 30.7. The molecule has 5 rings (SSSR count). The number of hydrogen-bond acceptors (Lipinski definition) is 5. The minimum Gasteiger partial charge on any atom is -0.490 e. The van der Waals surface area contributed by atoms with Crippen LogP contribution in [0.3, 0.4) is 0 Å². The second-order valence-electron chi connectivity index (χ2n) is 9.94. The van der Waals surface area contributed by atoms with E-state index in [9.17, 15) is 9.59 Å². The number of amides is 2. The Hall–Kier alpha value is -3.73. The van der Waals surface area contributed by atoms with E-state index in [4.69, 9.17) is 33.3 Å². The summed E-state index contributed by atoms with van der Waals surface area (Å²) < 4.78 is 12.8. The molecule has 4 aromatic carbocycles. The lowest BCUT2D eigenvalue weighted by Crippen LogP contribution is -2.56. The normalized spacial score (nSPS) is 13.4. The number of ether oxygens (including phenoxy) is 2. The Bertz CT molecular complexity index is 1670. The average Bonchev–Trinajstić information content (AvgIpc) is 2.98. The molecule has 0 unspecified atom stereocenters. The van der Waals surface area contributed by atoms with Crippen molar-refractivity contribution >= 4 is 80.8 Å². The summed E-state index contributed by atoms with van der Waals surface area (Å²) >= 11 is 14.3. The Balaban J connectivity index is 1.57. The summed E-state index contributed by atoms with van der Waals surface area (Å²) in [7, 11) is 0. The molecule has 0 N–H and O–H groups in total. The smallest absolute Gasteiger partial charge is 0.270 e. The number of hydrogen-bond donors (Lipinski definition) is 0. The monoisotopic (exact) mass is 722 g/mol. The standard InChI is InChI=1S/C34H28ClIN2O4S/c1-4-41-30-19-23(18-29(36)31(30)42-20-24-7-5-6-8-28(24)35)17-27-32(39)37(25-13-9-21(2)10-14-25)34(43)38(33(27)40)26-15-11-22(3)12-16-26/h5-19H,4,20H2,1-3H3. The highest BCUT2D eigenvalue weighted by atomic mass is 127. The number of carbonyl (C=O) groups excluding carboxylic acids is 2. The van der Waals surface area contributed by atoms with Crippen LogP contribution in [0, 0.1) is 17.4 Å². The molecule has 1 aliphatic rings. The van der Waals surface area contributed by atoms with E-state index in [-0.39, 0.29) is 17.3 Å². The highest BCUT2D eigenvalue weighted by molar-refractivity contribution is 14.1. The topological polar surface area (TPSA) is 59.1 Å². The molecule has 0 aromatic heterocycles. The van der Waals surface area contributed by atoms with Gasteiger partial charge >= 0.3 is 0 Å². The third-order valence-electron chi connectivity index (χ3n) is 6.81. The Morgan fingerprint density at radius 1 is 0.837 bits per heavy atom. The van der Waals surface area contributed by atoms with Gasteiger partial charge in [-0.05, 0) is 110 Å². The predicted molar refractivity (Wildman–Crippen MR) is 184 cm³/mol. The second kappa shape index (κ2) is 13.3. The molecule has 6 nitrogen and oxygen atoms in total. The molecule has 0 aliphatic carbocycles. The number of anilines is 2. The number of aryl methyl sites for hydroxylation is 2. The van der Waals surface area contributed by atoms with E-state index in [0.717, 1.165) is 20.3 Å². The van der Waals surface area contributed by atoms with Gasteiger partial charge in [0.15, 0.2) is 16.6 Å². The van der Waals surface area contributed by atoms with Crippen LogP contribution in [-0.4, -0.2) is 23.5 Å². The fourth-order valence-electron chi connectivity index (χ4n) is 4.58. The lowest BCUT2D eigenvalue weighted by Gasteiger charge is -2.36. The summed E-state index contributed by atoms with van der Waals surface area (Å²) in [5.74, 6) is 0.0309. The SMILES string of the molecule is CCOc1cc(C=C2C(=O)N(c3ccc(C)cc3)C(=S)N(c3ccc(C)cc3)C2=O)cc(I)c1OCc1ccccc1Cl. The first-order valence-electron chi connectivity index (χ1n) is 13.6. The van der Waals surface area contributed by atoms with Crippen molar-refractivity contribution in [1.29, 1.82) is 0 Å². The Morgan fingerprint density at radius 2 is 1.40 bits per heavy atom. The molecule has 218 valence electrons. The maximum atomic E-state index is 14.0. The Kier molecular flexibility index (Phi) is 9.49. The van der Waals surface area contributed by atoms with Crippen LogP contribution in [0.15, 0.2) is 90.5 Å². The number of halogens is 2. The largest absolute Gasteiger partial charge is 0.490 e. The van der Waals surface area contributed by atoms with Gasteiger partial charge in [-0.15, -0.1) is 0 Å². The molecule has 0 atom stereocenters. The molecule has 9 heteroatoms. The summed E-state index contributed by atoms with van der Waals surface area (Å²) in [6.07, 6.45) is 1.58. The molecule has 1 saturated heterocycles. The zero-order chi connectivity index (χ0) is 30.7. The van der Waals surface area contributed by atoms with Crippen molar-refractivity contribution in [3.05, 3.63) is 121 Å². The molecule has 1 fully saturated rings. The lowest BCUT2D eigenvalue weighted by atomic mass is 10.0. The van der Waals surface area contributed by atoms with Crippen molar-refractivity contribution in [3.8, 4) is 11.5 Å². The number of nitrogens with zero attached hydrogens (tertiary/aromatic N) is 2. The summed E-state index contributed by atoms with van der Waals surface area (Å²) in [6.45, 7) is 6.46. The maximum absolute atomic E-state index is 14.0. The van der Waals surface area contributed by atoms with Gasteiger partial charge in [-0.25, -0.2) is 0 Å². The van der Waals surface area contributed by atoms with Crippen LogP contribution in [0.2, 0.25) is 5.02 Å². The summed E-state index contributed by atoms with van der Waals surface area (Å²) in [5, 5.41) is 0.702. The Morgan fingerprint density at radius 3 is 1.93 bits per heavy atom. The van der Waals surface area contributed by atoms with Crippen molar-refractivity contribution in [2.24, 2.45) is 0 Å². The molecule has 1 heterocycles. The van der Waals surface area contributed by atoms with Crippen LogP contribution in [0.4, 0.5) is 11.4 Å². The van der Waals surface area contributed by atoms with E-state index < -0.39 is 11.8 Å². The maximum Gasteiger partial charge on any atom is 0.270 e. The number of rotatable bonds is 8. The fraction of sp³-hybridized carbons (Fsp3) is 0.147. The van der Waals surface area contributed by atoms with Crippen molar-refractivity contribution in [2.75, 3.05) is 16.4 Å². The molecule has 0 saturated carbocycles. The molecule has 4 aromatic rings. The highest BCUT2D eigenvalue weighted by Crippen LogP contribution is 2.37. The number of carbonyl (C=O) groups is 2. The van der Waals surface area contributed by atoms with Gasteiger partial charge < -0.3 is 9.47 Å². The average molecular weight is 723 g/mol. The van der Waals surface area contributed by atoms with Crippen molar-refractivity contribution in [3.63, 3.8) is 0 Å². The number of thiocarbonyl (C=S) groups is 1. The molecular formula is C34H28ClIN2O4S. The van der Waals surface area contributed by atoms with Gasteiger partial charge in [0.1, 0.15) is 12.2 Å². The quantitative estimate of drug-likeness (QED) is 0.0794. The summed E-state index contributed by atoms with van der Waals surface area (Å²) in [6, 6.07) is 26.0. The van der Waals surface area contributed by atoms with Gasteiger partial charge in [0, 0.05) is 10.6 Å². The predicted octanol–water partition coefficient (Wildman–Crippen LogP) is 8.29. The second-order valence-corrected chi connectivity index (χ2v) is 11.9. The van der Waals surface area contributed by atoms with E-state index in [1.807, 2.05) is 99.6 Å². The van der Waals surface area contributed by atoms with E-state index in [1.54, 1.807) is 12.1 Å². The van der Waals surface area contributed by atoms with Crippen LogP contribution < -0.4 is 19.3 Å². The van der Waals surface area contributed by atoms with Crippen molar-refractivity contribution in [2.45, 2.75) is 27.4 Å². The van der Waals surface area contributed by atoms with Gasteiger partial charge in [-0.2, -0.15) is 0 Å². The lowest BCUT2D eigenvalue weighted by molar-refractivity contribution is -0.120. The third kappa shape index (κ3) is 6.61. The van der Waals surface area contributed by atoms with Crippen molar-refractivity contribution < 1.29 is 19.1 Å². The van der Waals surface area contributed by atoms with Gasteiger partial charge in [-0.1, -0.05) is 65.2 Å². The van der Waals surface area contributed by atoms with Crippen LogP contribution in [0.1, 0.15) is 29.2 Å². The van der Waals surface area contributed by atoms with Crippen molar-refractivity contribution in [1.82, 2.24) is 0 Å². The molecule has 0 radical (unpaired) electrons. The third-order valence-corrected chi connectivity index (χ3v) is 8.34. The molecular weight excluding hydrogens is 695 g/mol. The molecule has 1 aliphatic heterocycles.